The van der Waals surface area contributed by atoms with Crippen molar-refractivity contribution in [2.75, 3.05) is 13.7 Å². The van der Waals surface area contributed by atoms with Crippen LogP contribution in [0.1, 0.15) is 43.7 Å². The van der Waals surface area contributed by atoms with Gasteiger partial charge in [-0.15, -0.1) is 0 Å². The van der Waals surface area contributed by atoms with Gasteiger partial charge in [0.05, 0.1) is 12.8 Å². The Morgan fingerprint density at radius 2 is 1.95 bits per heavy atom. The molecule has 1 aliphatic carbocycles. The topological polar surface area (TPSA) is 36.3 Å². The van der Waals surface area contributed by atoms with Gasteiger partial charge in [0.25, 0.3) is 6.01 Å². The Hall–Kier alpha value is -0.813. The summed E-state index contributed by atoms with van der Waals surface area (Å²) in [4.78, 5) is 4.65. The Balaban J connectivity index is 1.90. The van der Waals surface area contributed by atoms with E-state index in [-0.39, 0.29) is 0 Å². The highest BCUT2D eigenvalue weighted by Gasteiger charge is 2.20. The molecule has 0 bridgehead atoms. The predicted molar refractivity (Wildman–Crippen MR) is 88.7 cm³/mol. The molecule has 0 amide bonds. The number of imidazole rings is 1. The van der Waals surface area contributed by atoms with Crippen LogP contribution in [0.25, 0.3) is 0 Å². The molecule has 120 valence electrons. The second kappa shape index (κ2) is 7.45. The monoisotopic (exact) mass is 310 g/mol. The number of ether oxygens (including phenoxy) is 2. The third-order valence-corrected chi connectivity index (χ3v) is 5.90. The lowest BCUT2D eigenvalue weighted by molar-refractivity contribution is 0.0808. The molecular formula is C16H30N2O2Si. The number of nitrogens with zero attached hydrogens (tertiary/aromatic N) is 2. The minimum absolute atomic E-state index is 0.549. The molecule has 4 nitrogen and oxygen atoms in total. The van der Waals surface area contributed by atoms with E-state index in [0.29, 0.717) is 18.7 Å². The molecule has 0 radical (unpaired) electrons. The molecule has 0 unspecified atom stereocenters. The summed E-state index contributed by atoms with van der Waals surface area (Å²) in [6.45, 7) is 8.49. The summed E-state index contributed by atoms with van der Waals surface area (Å²) in [6.07, 6.45) is 8.67. The first kappa shape index (κ1) is 16.6. The second-order valence-corrected chi connectivity index (χ2v) is 12.9. The lowest BCUT2D eigenvalue weighted by Crippen LogP contribution is -2.22. The molecule has 1 saturated carbocycles. The Morgan fingerprint density at radius 1 is 1.24 bits per heavy atom. The molecule has 0 saturated heterocycles. The van der Waals surface area contributed by atoms with E-state index in [1.807, 2.05) is 4.57 Å². The summed E-state index contributed by atoms with van der Waals surface area (Å²) in [5, 5.41) is 0. The highest BCUT2D eigenvalue weighted by Crippen LogP contribution is 2.33. The summed E-state index contributed by atoms with van der Waals surface area (Å²) in [5.74, 6) is 0.607. The number of rotatable bonds is 7. The van der Waals surface area contributed by atoms with E-state index in [1.54, 1.807) is 7.11 Å². The Kier molecular flexibility index (Phi) is 5.87. The minimum atomic E-state index is -1.02. The van der Waals surface area contributed by atoms with Gasteiger partial charge in [-0.25, -0.2) is 0 Å². The zero-order valence-corrected chi connectivity index (χ0v) is 15.0. The van der Waals surface area contributed by atoms with Gasteiger partial charge >= 0.3 is 0 Å². The Morgan fingerprint density at radius 3 is 2.57 bits per heavy atom. The molecule has 0 N–H and O–H groups in total. The van der Waals surface area contributed by atoms with Crippen molar-refractivity contribution in [3.63, 3.8) is 0 Å². The van der Waals surface area contributed by atoms with Crippen molar-refractivity contribution in [2.24, 2.45) is 0 Å². The third kappa shape index (κ3) is 5.15. The van der Waals surface area contributed by atoms with Gasteiger partial charge in [0.15, 0.2) is 0 Å². The zero-order chi connectivity index (χ0) is 15.3. The highest BCUT2D eigenvalue weighted by atomic mass is 28.3. The SMILES string of the molecule is COc1nc(C2CCCCC2)cn1COCC[Si](C)(C)C. The van der Waals surface area contributed by atoms with Crippen LogP contribution in [0.15, 0.2) is 6.20 Å². The number of aromatic nitrogens is 2. The summed E-state index contributed by atoms with van der Waals surface area (Å²) in [5.41, 5.74) is 1.18. The first-order valence-corrected chi connectivity index (χ1v) is 11.9. The molecule has 1 fully saturated rings. The van der Waals surface area contributed by atoms with Crippen molar-refractivity contribution in [2.45, 2.75) is 70.4 Å². The summed E-state index contributed by atoms with van der Waals surface area (Å²) >= 11 is 0. The van der Waals surface area contributed by atoms with Crippen molar-refractivity contribution in [3.05, 3.63) is 11.9 Å². The van der Waals surface area contributed by atoms with E-state index in [2.05, 4.69) is 30.8 Å². The van der Waals surface area contributed by atoms with Crippen LogP contribution in [0.4, 0.5) is 0 Å². The largest absolute Gasteiger partial charge is 0.468 e. The van der Waals surface area contributed by atoms with E-state index in [0.717, 1.165) is 6.61 Å². The fourth-order valence-corrected chi connectivity index (χ4v) is 3.57. The van der Waals surface area contributed by atoms with Crippen molar-refractivity contribution in [1.29, 1.82) is 0 Å². The summed E-state index contributed by atoms with van der Waals surface area (Å²) in [6, 6.07) is 1.88. The first-order chi connectivity index (χ1) is 9.99. The van der Waals surface area contributed by atoms with Crippen LogP contribution < -0.4 is 4.74 Å². The average molecular weight is 311 g/mol. The van der Waals surface area contributed by atoms with Crippen LogP contribution in [0.2, 0.25) is 25.7 Å². The zero-order valence-electron chi connectivity index (χ0n) is 14.0. The maximum atomic E-state index is 5.82. The Labute approximate surface area is 129 Å². The molecule has 0 aromatic carbocycles. The number of methoxy groups -OCH3 is 1. The van der Waals surface area contributed by atoms with E-state index in [4.69, 9.17) is 9.47 Å². The van der Waals surface area contributed by atoms with Gasteiger partial charge in [-0.1, -0.05) is 38.9 Å². The minimum Gasteiger partial charge on any atom is -0.468 e. The van der Waals surface area contributed by atoms with Crippen LogP contribution in [0.5, 0.6) is 6.01 Å². The van der Waals surface area contributed by atoms with Gasteiger partial charge in [0.2, 0.25) is 0 Å². The molecule has 0 spiro atoms. The molecule has 21 heavy (non-hydrogen) atoms. The van der Waals surface area contributed by atoms with Gasteiger partial charge in [0.1, 0.15) is 6.73 Å². The van der Waals surface area contributed by atoms with Gasteiger partial charge in [-0.3, -0.25) is 4.57 Å². The second-order valence-electron chi connectivity index (χ2n) is 7.31. The van der Waals surface area contributed by atoms with Crippen LogP contribution >= 0.6 is 0 Å². The summed E-state index contributed by atoms with van der Waals surface area (Å²) < 4.78 is 13.2. The van der Waals surface area contributed by atoms with Crippen molar-refractivity contribution in [1.82, 2.24) is 9.55 Å². The van der Waals surface area contributed by atoms with E-state index >= 15 is 0 Å². The van der Waals surface area contributed by atoms with Crippen molar-refractivity contribution >= 4 is 8.07 Å². The van der Waals surface area contributed by atoms with Crippen molar-refractivity contribution < 1.29 is 9.47 Å². The Bertz CT molecular complexity index is 434. The smallest absolute Gasteiger partial charge is 0.298 e. The molecule has 1 aromatic rings. The van der Waals surface area contributed by atoms with E-state index in [1.165, 1.54) is 43.8 Å². The van der Waals surface area contributed by atoms with Crippen LogP contribution in [-0.4, -0.2) is 31.3 Å². The maximum Gasteiger partial charge on any atom is 0.298 e. The molecule has 0 aliphatic heterocycles. The van der Waals surface area contributed by atoms with E-state index in [9.17, 15) is 0 Å². The van der Waals surface area contributed by atoms with Crippen LogP contribution in [-0.2, 0) is 11.5 Å². The fourth-order valence-electron chi connectivity index (χ4n) is 2.81. The standard InChI is InChI=1S/C16H30N2O2Si/c1-19-16-17-15(14-8-6-5-7-9-14)12-18(16)13-20-10-11-21(2,3)4/h12,14H,5-11,13H2,1-4H3. The van der Waals surface area contributed by atoms with Crippen molar-refractivity contribution in [3.8, 4) is 6.01 Å². The molecule has 0 atom stereocenters. The molecular weight excluding hydrogens is 280 g/mol. The summed E-state index contributed by atoms with van der Waals surface area (Å²) in [7, 11) is 0.666. The molecule has 2 rings (SSSR count). The molecule has 1 heterocycles. The molecule has 5 heteroatoms. The van der Waals surface area contributed by atoms with Gasteiger partial charge in [-0.2, -0.15) is 4.98 Å². The third-order valence-electron chi connectivity index (χ3n) is 4.19. The van der Waals surface area contributed by atoms with Gasteiger partial charge in [-0.05, 0) is 18.9 Å². The van der Waals surface area contributed by atoms with Crippen LogP contribution in [0, 0.1) is 0 Å². The van der Waals surface area contributed by atoms with Crippen LogP contribution in [0.3, 0.4) is 0 Å². The number of hydrogen-bond donors (Lipinski definition) is 0. The highest BCUT2D eigenvalue weighted by molar-refractivity contribution is 6.76. The first-order valence-electron chi connectivity index (χ1n) is 8.18. The van der Waals surface area contributed by atoms with E-state index < -0.39 is 8.07 Å². The number of hydrogen-bond acceptors (Lipinski definition) is 3. The lowest BCUT2D eigenvalue weighted by atomic mass is 9.87. The molecule has 1 aliphatic rings. The lowest BCUT2D eigenvalue weighted by Gasteiger charge is -2.19. The maximum absolute atomic E-state index is 5.82. The average Bonchev–Trinajstić information content (AvgIpc) is 2.87. The fraction of sp³-hybridized carbons (Fsp3) is 0.812. The van der Waals surface area contributed by atoms with Gasteiger partial charge in [0, 0.05) is 26.8 Å². The normalized spacial score (nSPS) is 17.1. The van der Waals surface area contributed by atoms with Gasteiger partial charge < -0.3 is 9.47 Å². The molecule has 1 aromatic heterocycles. The quantitative estimate of drug-likeness (QED) is 0.558. The predicted octanol–water partition coefficient (Wildman–Crippen LogP) is 4.25.